The monoisotopic (exact) mass is 251 g/mol. The van der Waals surface area contributed by atoms with Gasteiger partial charge in [0.2, 0.25) is 0 Å². The average Bonchev–Trinajstić information content (AvgIpc) is 2.34. The number of carbonyl (C=O) groups is 1. The molecule has 0 bridgehead atoms. The summed E-state index contributed by atoms with van der Waals surface area (Å²) in [6.07, 6.45) is 4.90. The summed E-state index contributed by atoms with van der Waals surface area (Å²) in [4.78, 5) is 22.8. The van der Waals surface area contributed by atoms with Crippen LogP contribution >= 0.6 is 0 Å². The first-order valence-corrected chi connectivity index (χ1v) is 6.20. The van der Waals surface area contributed by atoms with E-state index in [9.17, 15) is 14.7 Å². The predicted octanol–water partition coefficient (Wildman–Crippen LogP) is 1.10. The standard InChI is InChI=1S/C13H17NO4/c15-11-6-2-1-4-9(11)8-14-7-3-5-10(12(14)16)13(17)18/h3,5,7,9,11,15H,1-2,4,6,8H2,(H,17,18)/t9-,11-/m1/s1. The number of pyridine rings is 1. The van der Waals surface area contributed by atoms with E-state index in [0.717, 1.165) is 25.7 Å². The van der Waals surface area contributed by atoms with Gasteiger partial charge in [-0.3, -0.25) is 4.79 Å². The molecule has 2 N–H and O–H groups in total. The molecular formula is C13H17NO4. The molecule has 1 aliphatic carbocycles. The topological polar surface area (TPSA) is 79.5 Å². The lowest BCUT2D eigenvalue weighted by Gasteiger charge is -2.28. The van der Waals surface area contributed by atoms with Crippen molar-refractivity contribution in [2.75, 3.05) is 0 Å². The number of aromatic carboxylic acids is 1. The number of hydrogen-bond donors (Lipinski definition) is 2. The van der Waals surface area contributed by atoms with Gasteiger partial charge in [-0.05, 0) is 25.0 Å². The minimum Gasteiger partial charge on any atom is -0.477 e. The Bertz CT molecular complexity index is 494. The van der Waals surface area contributed by atoms with Gasteiger partial charge in [0.05, 0.1) is 6.10 Å². The molecule has 0 radical (unpaired) electrons. The largest absolute Gasteiger partial charge is 0.477 e. The molecule has 1 aromatic rings. The van der Waals surface area contributed by atoms with Gasteiger partial charge in [0.25, 0.3) is 5.56 Å². The normalized spacial score (nSPS) is 23.8. The van der Waals surface area contributed by atoms with Gasteiger partial charge in [-0.2, -0.15) is 0 Å². The highest BCUT2D eigenvalue weighted by Crippen LogP contribution is 2.25. The minimum absolute atomic E-state index is 0.0421. The lowest BCUT2D eigenvalue weighted by atomic mass is 9.86. The third-order valence-electron chi connectivity index (χ3n) is 3.55. The van der Waals surface area contributed by atoms with E-state index in [0.29, 0.717) is 6.54 Å². The first-order valence-electron chi connectivity index (χ1n) is 6.20. The maximum absolute atomic E-state index is 11.9. The first-order chi connectivity index (χ1) is 8.59. The first kappa shape index (κ1) is 12.8. The number of hydrogen-bond acceptors (Lipinski definition) is 3. The minimum atomic E-state index is -1.21. The summed E-state index contributed by atoms with van der Waals surface area (Å²) in [5.41, 5.74) is -0.717. The lowest BCUT2D eigenvalue weighted by molar-refractivity contribution is 0.0598. The highest BCUT2D eigenvalue weighted by Gasteiger charge is 2.24. The van der Waals surface area contributed by atoms with E-state index in [2.05, 4.69) is 0 Å². The van der Waals surface area contributed by atoms with Crippen LogP contribution < -0.4 is 5.56 Å². The Morgan fingerprint density at radius 1 is 1.39 bits per heavy atom. The van der Waals surface area contributed by atoms with Crippen LogP contribution in [-0.2, 0) is 6.54 Å². The summed E-state index contributed by atoms with van der Waals surface area (Å²) in [7, 11) is 0. The van der Waals surface area contributed by atoms with Crippen molar-refractivity contribution in [2.24, 2.45) is 5.92 Å². The van der Waals surface area contributed by atoms with E-state index in [1.54, 1.807) is 12.3 Å². The van der Waals surface area contributed by atoms with Crippen molar-refractivity contribution in [1.82, 2.24) is 4.57 Å². The molecule has 2 atom stereocenters. The summed E-state index contributed by atoms with van der Waals surface area (Å²) in [5.74, 6) is -1.17. The van der Waals surface area contributed by atoms with Crippen molar-refractivity contribution in [3.63, 3.8) is 0 Å². The zero-order chi connectivity index (χ0) is 13.1. The number of carboxylic acid groups (broad SMARTS) is 1. The molecule has 1 aliphatic rings. The van der Waals surface area contributed by atoms with Gasteiger partial charge < -0.3 is 14.8 Å². The summed E-state index contributed by atoms with van der Waals surface area (Å²) in [6, 6.07) is 2.86. The van der Waals surface area contributed by atoms with Crippen molar-refractivity contribution in [1.29, 1.82) is 0 Å². The number of carboxylic acids is 1. The van der Waals surface area contributed by atoms with Gasteiger partial charge in [0.15, 0.2) is 0 Å². The Hall–Kier alpha value is -1.62. The molecule has 1 aromatic heterocycles. The van der Waals surface area contributed by atoms with E-state index >= 15 is 0 Å². The van der Waals surface area contributed by atoms with E-state index in [1.807, 2.05) is 0 Å². The van der Waals surface area contributed by atoms with Gasteiger partial charge in [-0.25, -0.2) is 4.79 Å². The Morgan fingerprint density at radius 3 is 2.78 bits per heavy atom. The number of aliphatic hydroxyl groups is 1. The number of aliphatic hydroxyl groups excluding tert-OH is 1. The third kappa shape index (κ3) is 2.61. The molecule has 0 unspecified atom stereocenters. The molecule has 0 amide bonds. The number of aromatic nitrogens is 1. The molecule has 1 fully saturated rings. The number of nitrogens with zero attached hydrogens (tertiary/aromatic N) is 1. The molecular weight excluding hydrogens is 234 g/mol. The fourth-order valence-corrected chi connectivity index (χ4v) is 2.50. The Morgan fingerprint density at radius 2 is 2.11 bits per heavy atom. The zero-order valence-corrected chi connectivity index (χ0v) is 10.1. The molecule has 5 heteroatoms. The summed E-state index contributed by atoms with van der Waals surface area (Å²) >= 11 is 0. The number of rotatable bonds is 3. The molecule has 1 heterocycles. The van der Waals surface area contributed by atoms with Crippen LogP contribution in [0.3, 0.4) is 0 Å². The highest BCUT2D eigenvalue weighted by molar-refractivity contribution is 5.86. The molecule has 18 heavy (non-hydrogen) atoms. The van der Waals surface area contributed by atoms with Gasteiger partial charge in [-0.15, -0.1) is 0 Å². The smallest absolute Gasteiger partial charge is 0.341 e. The average molecular weight is 251 g/mol. The molecule has 0 aliphatic heterocycles. The van der Waals surface area contributed by atoms with Crippen LogP contribution in [0.25, 0.3) is 0 Å². The van der Waals surface area contributed by atoms with Crippen molar-refractivity contribution in [3.8, 4) is 0 Å². The molecule has 98 valence electrons. The quantitative estimate of drug-likeness (QED) is 0.843. The molecule has 0 aromatic carbocycles. The van der Waals surface area contributed by atoms with Crippen LogP contribution in [0, 0.1) is 5.92 Å². The second kappa shape index (κ2) is 5.35. The SMILES string of the molecule is O=C(O)c1cccn(C[C@H]2CCCC[C@H]2O)c1=O. The third-order valence-corrected chi connectivity index (χ3v) is 3.55. The van der Waals surface area contributed by atoms with E-state index in [1.165, 1.54) is 10.6 Å². The highest BCUT2D eigenvalue weighted by atomic mass is 16.4. The van der Waals surface area contributed by atoms with Crippen LogP contribution in [0.4, 0.5) is 0 Å². The van der Waals surface area contributed by atoms with Crippen LogP contribution in [-0.4, -0.2) is 26.9 Å². The van der Waals surface area contributed by atoms with Gasteiger partial charge in [0, 0.05) is 18.7 Å². The molecule has 2 rings (SSSR count). The second-order valence-corrected chi connectivity index (χ2v) is 4.80. The van der Waals surface area contributed by atoms with Gasteiger partial charge in [-0.1, -0.05) is 12.8 Å². The maximum atomic E-state index is 11.9. The van der Waals surface area contributed by atoms with Crippen molar-refractivity contribution >= 4 is 5.97 Å². The van der Waals surface area contributed by atoms with E-state index < -0.39 is 11.5 Å². The van der Waals surface area contributed by atoms with Crippen molar-refractivity contribution < 1.29 is 15.0 Å². The summed E-state index contributed by atoms with van der Waals surface area (Å²) in [6.45, 7) is 0.390. The fourth-order valence-electron chi connectivity index (χ4n) is 2.50. The predicted molar refractivity (Wildman–Crippen MR) is 65.6 cm³/mol. The maximum Gasteiger partial charge on any atom is 0.341 e. The van der Waals surface area contributed by atoms with E-state index in [4.69, 9.17) is 5.11 Å². The Kier molecular flexibility index (Phi) is 3.81. The molecule has 1 saturated carbocycles. The zero-order valence-electron chi connectivity index (χ0n) is 10.1. The van der Waals surface area contributed by atoms with E-state index in [-0.39, 0.29) is 17.6 Å². The summed E-state index contributed by atoms with van der Waals surface area (Å²) < 4.78 is 1.39. The van der Waals surface area contributed by atoms with Gasteiger partial charge in [0.1, 0.15) is 5.56 Å². The van der Waals surface area contributed by atoms with Crippen molar-refractivity contribution in [3.05, 3.63) is 34.2 Å². The Labute approximate surface area is 105 Å². The second-order valence-electron chi connectivity index (χ2n) is 4.80. The van der Waals surface area contributed by atoms with Crippen LogP contribution in [0.5, 0.6) is 0 Å². The molecule has 5 nitrogen and oxygen atoms in total. The van der Waals surface area contributed by atoms with Gasteiger partial charge >= 0.3 is 5.97 Å². The summed E-state index contributed by atoms with van der Waals surface area (Å²) in [5, 5.41) is 18.8. The van der Waals surface area contributed by atoms with Crippen molar-refractivity contribution in [2.45, 2.75) is 38.3 Å². The van der Waals surface area contributed by atoms with Crippen LogP contribution in [0.1, 0.15) is 36.0 Å². The molecule has 0 spiro atoms. The Balaban J connectivity index is 2.21. The lowest BCUT2D eigenvalue weighted by Crippen LogP contribution is -2.33. The van der Waals surface area contributed by atoms with Crippen LogP contribution in [0.2, 0.25) is 0 Å². The van der Waals surface area contributed by atoms with Crippen LogP contribution in [0.15, 0.2) is 23.1 Å². The molecule has 0 saturated heterocycles. The fraction of sp³-hybridized carbons (Fsp3) is 0.538.